The summed E-state index contributed by atoms with van der Waals surface area (Å²) in [5, 5.41) is 0. The number of rotatable bonds is 5. The van der Waals surface area contributed by atoms with Crippen molar-refractivity contribution in [3.8, 4) is 0 Å². The van der Waals surface area contributed by atoms with Gasteiger partial charge >= 0.3 is 0 Å². The van der Waals surface area contributed by atoms with E-state index < -0.39 is 0 Å². The van der Waals surface area contributed by atoms with E-state index in [4.69, 9.17) is 4.74 Å². The van der Waals surface area contributed by atoms with Gasteiger partial charge in [-0.25, -0.2) is 4.39 Å². The van der Waals surface area contributed by atoms with Crippen LogP contribution in [-0.2, 0) is 16.0 Å². The van der Waals surface area contributed by atoms with Crippen LogP contribution in [0.15, 0.2) is 22.7 Å². The first-order chi connectivity index (χ1) is 7.11. The molecular weight excluding hydrogens is 263 g/mol. The normalized spacial score (nSPS) is 10.3. The summed E-state index contributed by atoms with van der Waals surface area (Å²) in [5.74, 6) is -0.391. The van der Waals surface area contributed by atoms with Crippen LogP contribution < -0.4 is 0 Å². The number of ketones is 1. The third kappa shape index (κ3) is 4.53. The number of ether oxygens (including phenoxy) is 1. The van der Waals surface area contributed by atoms with Crippen LogP contribution in [-0.4, -0.2) is 19.0 Å². The zero-order chi connectivity index (χ0) is 11.3. The van der Waals surface area contributed by atoms with E-state index in [0.29, 0.717) is 16.6 Å². The van der Waals surface area contributed by atoms with Crippen LogP contribution >= 0.6 is 15.9 Å². The van der Waals surface area contributed by atoms with Gasteiger partial charge in [-0.2, -0.15) is 0 Å². The molecule has 82 valence electrons. The Kier molecular flexibility index (Phi) is 4.91. The van der Waals surface area contributed by atoms with Crippen molar-refractivity contribution in [1.82, 2.24) is 0 Å². The highest BCUT2D eigenvalue weighted by molar-refractivity contribution is 9.10. The summed E-state index contributed by atoms with van der Waals surface area (Å²) >= 11 is 3.17. The highest BCUT2D eigenvalue weighted by Gasteiger charge is 2.05. The minimum Gasteiger partial charge on any atom is -0.374 e. The van der Waals surface area contributed by atoms with Crippen molar-refractivity contribution in [3.63, 3.8) is 0 Å². The van der Waals surface area contributed by atoms with E-state index in [-0.39, 0.29) is 24.6 Å². The van der Waals surface area contributed by atoms with Crippen molar-refractivity contribution < 1.29 is 13.9 Å². The molecule has 0 atom stereocenters. The van der Waals surface area contributed by atoms with Gasteiger partial charge in [0.2, 0.25) is 0 Å². The molecule has 1 rings (SSSR count). The Hall–Kier alpha value is -0.740. The molecule has 0 unspecified atom stereocenters. The smallest absolute Gasteiger partial charge is 0.162 e. The van der Waals surface area contributed by atoms with Gasteiger partial charge in [0.25, 0.3) is 0 Å². The van der Waals surface area contributed by atoms with E-state index in [1.54, 1.807) is 6.07 Å². The number of hydrogen-bond acceptors (Lipinski definition) is 2. The van der Waals surface area contributed by atoms with Gasteiger partial charge < -0.3 is 4.74 Å². The SMILES string of the molecule is CCOCC(=O)Cc1cc(F)cc(Br)c1. The van der Waals surface area contributed by atoms with Crippen LogP contribution in [0.4, 0.5) is 4.39 Å². The molecule has 0 saturated carbocycles. The predicted molar refractivity (Wildman–Crippen MR) is 59.3 cm³/mol. The average molecular weight is 275 g/mol. The molecule has 0 aliphatic carbocycles. The Labute approximate surface area is 96.6 Å². The summed E-state index contributed by atoms with van der Waals surface area (Å²) in [5.41, 5.74) is 0.659. The van der Waals surface area contributed by atoms with E-state index in [0.717, 1.165) is 0 Å². The molecule has 0 heterocycles. The van der Waals surface area contributed by atoms with Gasteiger partial charge in [0.15, 0.2) is 5.78 Å². The second kappa shape index (κ2) is 5.98. The zero-order valence-electron chi connectivity index (χ0n) is 8.43. The zero-order valence-corrected chi connectivity index (χ0v) is 10.0. The van der Waals surface area contributed by atoms with E-state index in [2.05, 4.69) is 15.9 Å². The maximum absolute atomic E-state index is 13.0. The first-order valence-corrected chi connectivity index (χ1v) is 5.45. The van der Waals surface area contributed by atoms with Crippen LogP contribution in [0.5, 0.6) is 0 Å². The quantitative estimate of drug-likeness (QED) is 0.826. The highest BCUT2D eigenvalue weighted by Crippen LogP contribution is 2.15. The number of carbonyl (C=O) groups is 1. The largest absolute Gasteiger partial charge is 0.374 e. The van der Waals surface area contributed by atoms with E-state index in [1.807, 2.05) is 6.92 Å². The van der Waals surface area contributed by atoms with Crippen LogP contribution in [0.2, 0.25) is 0 Å². The lowest BCUT2D eigenvalue weighted by Crippen LogP contribution is -2.11. The highest BCUT2D eigenvalue weighted by atomic mass is 79.9. The van der Waals surface area contributed by atoms with Gasteiger partial charge in [-0.1, -0.05) is 15.9 Å². The summed E-state index contributed by atoms with van der Waals surface area (Å²) in [6.07, 6.45) is 0.205. The van der Waals surface area contributed by atoms with Crippen LogP contribution in [0.1, 0.15) is 12.5 Å². The third-order valence-electron chi connectivity index (χ3n) is 1.79. The van der Waals surface area contributed by atoms with E-state index in [1.165, 1.54) is 12.1 Å². The fourth-order valence-electron chi connectivity index (χ4n) is 1.21. The Morgan fingerprint density at radius 1 is 1.47 bits per heavy atom. The minimum atomic E-state index is -0.344. The number of benzene rings is 1. The van der Waals surface area contributed by atoms with Gasteiger partial charge in [0.05, 0.1) is 0 Å². The van der Waals surface area contributed by atoms with Crippen molar-refractivity contribution in [2.45, 2.75) is 13.3 Å². The summed E-state index contributed by atoms with van der Waals surface area (Å²) < 4.78 is 18.6. The first kappa shape index (κ1) is 12.3. The second-order valence-corrected chi connectivity index (χ2v) is 4.05. The number of hydrogen-bond donors (Lipinski definition) is 0. The molecule has 0 saturated heterocycles. The van der Waals surface area contributed by atoms with Crippen molar-refractivity contribution in [3.05, 3.63) is 34.1 Å². The number of halogens is 2. The minimum absolute atomic E-state index is 0.0469. The standard InChI is InChI=1S/C11H12BrFO2/c1-2-15-7-11(14)5-8-3-9(12)6-10(13)4-8/h3-4,6H,2,5,7H2,1H3. The Morgan fingerprint density at radius 3 is 2.80 bits per heavy atom. The maximum Gasteiger partial charge on any atom is 0.162 e. The van der Waals surface area contributed by atoms with Crippen molar-refractivity contribution in [2.75, 3.05) is 13.2 Å². The van der Waals surface area contributed by atoms with E-state index in [9.17, 15) is 9.18 Å². The molecule has 0 fully saturated rings. The molecule has 1 aromatic carbocycles. The summed E-state index contributed by atoms with van der Waals surface area (Å²) in [6, 6.07) is 4.44. The average Bonchev–Trinajstić information content (AvgIpc) is 2.13. The molecular formula is C11H12BrFO2. The molecule has 0 amide bonds. The van der Waals surface area contributed by atoms with Crippen LogP contribution in [0, 0.1) is 5.82 Å². The van der Waals surface area contributed by atoms with Gasteiger partial charge in [0.1, 0.15) is 12.4 Å². The second-order valence-electron chi connectivity index (χ2n) is 3.13. The van der Waals surface area contributed by atoms with Gasteiger partial charge in [-0.05, 0) is 30.7 Å². The van der Waals surface area contributed by atoms with Crippen molar-refractivity contribution in [2.24, 2.45) is 0 Å². The fraction of sp³-hybridized carbons (Fsp3) is 0.364. The Balaban J connectivity index is 2.60. The summed E-state index contributed by atoms with van der Waals surface area (Å²) in [4.78, 5) is 11.3. The molecule has 15 heavy (non-hydrogen) atoms. The lowest BCUT2D eigenvalue weighted by atomic mass is 10.1. The lowest BCUT2D eigenvalue weighted by molar-refractivity contribution is -0.122. The molecule has 2 nitrogen and oxygen atoms in total. The topological polar surface area (TPSA) is 26.3 Å². The van der Waals surface area contributed by atoms with Gasteiger partial charge in [-0.15, -0.1) is 0 Å². The molecule has 0 N–H and O–H groups in total. The maximum atomic E-state index is 13.0. The summed E-state index contributed by atoms with van der Waals surface area (Å²) in [7, 11) is 0. The molecule has 0 aliphatic rings. The van der Waals surface area contributed by atoms with Crippen LogP contribution in [0.3, 0.4) is 0 Å². The predicted octanol–water partition coefficient (Wildman–Crippen LogP) is 2.74. The molecule has 0 radical (unpaired) electrons. The molecule has 0 aliphatic heterocycles. The number of carbonyl (C=O) groups excluding carboxylic acids is 1. The Bertz CT molecular complexity index is 332. The number of Topliss-reactive ketones (excluding diaryl/α,β-unsaturated/α-hetero) is 1. The van der Waals surface area contributed by atoms with E-state index >= 15 is 0 Å². The Morgan fingerprint density at radius 2 is 2.20 bits per heavy atom. The molecule has 0 bridgehead atoms. The first-order valence-electron chi connectivity index (χ1n) is 4.66. The molecule has 4 heteroatoms. The molecule has 0 spiro atoms. The van der Waals surface area contributed by atoms with Crippen molar-refractivity contribution >= 4 is 21.7 Å². The summed E-state index contributed by atoms with van der Waals surface area (Å²) in [6.45, 7) is 2.43. The lowest BCUT2D eigenvalue weighted by Gasteiger charge is -2.02. The van der Waals surface area contributed by atoms with Gasteiger partial charge in [0, 0.05) is 17.5 Å². The van der Waals surface area contributed by atoms with Gasteiger partial charge in [-0.3, -0.25) is 4.79 Å². The fourth-order valence-corrected chi connectivity index (χ4v) is 1.72. The monoisotopic (exact) mass is 274 g/mol. The molecule has 1 aromatic rings. The van der Waals surface area contributed by atoms with Crippen LogP contribution in [0.25, 0.3) is 0 Å². The molecule has 0 aromatic heterocycles. The van der Waals surface area contributed by atoms with Crippen molar-refractivity contribution in [1.29, 1.82) is 0 Å². The third-order valence-corrected chi connectivity index (χ3v) is 2.25.